The van der Waals surface area contributed by atoms with Gasteiger partial charge in [-0.05, 0) is 12.1 Å². The third-order valence-electron chi connectivity index (χ3n) is 5.43. The number of morpholine rings is 1. The van der Waals surface area contributed by atoms with Crippen LogP contribution in [-0.4, -0.2) is 40.3 Å². The van der Waals surface area contributed by atoms with E-state index in [0.717, 1.165) is 17.5 Å². The van der Waals surface area contributed by atoms with Crippen LogP contribution >= 0.6 is 0 Å². The molecule has 0 spiro atoms. The number of anilines is 1. The van der Waals surface area contributed by atoms with Crippen molar-refractivity contribution in [1.29, 1.82) is 0 Å². The average Bonchev–Trinajstić information content (AvgIpc) is 2.75. The maximum atomic E-state index is 14.3. The number of hydrogen-bond donors (Lipinski definition) is 0. The van der Waals surface area contributed by atoms with E-state index < -0.39 is 5.82 Å². The standard InChI is InChI=1S/C21H19FN4O3/c1-25-19(27)10-16(13-6-7-23-11-15(13)22)24-21(25)26-8-9-28-20-14-4-2-3-5-18(14)29-12-17(20)26/h2-7,10-11,17,20H,8-9,12H2,1H3/t17-,20+/m0/s1. The van der Waals surface area contributed by atoms with Gasteiger partial charge in [0.05, 0.1) is 24.5 Å². The van der Waals surface area contributed by atoms with Crippen molar-refractivity contribution in [3.05, 3.63) is 70.5 Å². The summed E-state index contributed by atoms with van der Waals surface area (Å²) in [5.74, 6) is 0.754. The molecule has 0 unspecified atom stereocenters. The largest absolute Gasteiger partial charge is 0.491 e. The van der Waals surface area contributed by atoms with Crippen LogP contribution in [0.5, 0.6) is 5.75 Å². The maximum absolute atomic E-state index is 14.3. The van der Waals surface area contributed by atoms with Crippen molar-refractivity contribution < 1.29 is 13.9 Å². The molecule has 7 nitrogen and oxygen atoms in total. The van der Waals surface area contributed by atoms with Crippen molar-refractivity contribution in [3.63, 3.8) is 0 Å². The summed E-state index contributed by atoms with van der Waals surface area (Å²) < 4.78 is 27.7. The van der Waals surface area contributed by atoms with Gasteiger partial charge >= 0.3 is 0 Å². The summed E-state index contributed by atoms with van der Waals surface area (Å²) in [4.78, 5) is 23.1. The first-order chi connectivity index (χ1) is 14.1. The Bertz CT molecular complexity index is 1130. The molecular weight excluding hydrogens is 375 g/mol. The average molecular weight is 394 g/mol. The molecule has 0 bridgehead atoms. The van der Waals surface area contributed by atoms with Gasteiger partial charge in [-0.1, -0.05) is 18.2 Å². The third-order valence-corrected chi connectivity index (χ3v) is 5.43. The summed E-state index contributed by atoms with van der Waals surface area (Å²) in [7, 11) is 1.67. The molecule has 148 valence electrons. The van der Waals surface area contributed by atoms with E-state index in [1.165, 1.54) is 22.9 Å². The minimum absolute atomic E-state index is 0.144. The molecule has 3 aromatic rings. The third kappa shape index (κ3) is 2.96. The first-order valence-corrected chi connectivity index (χ1v) is 9.41. The molecule has 1 saturated heterocycles. The Labute approximate surface area is 166 Å². The molecule has 0 N–H and O–H groups in total. The number of halogens is 1. The Morgan fingerprint density at radius 1 is 1.24 bits per heavy atom. The van der Waals surface area contributed by atoms with Gasteiger partial charge in [-0.15, -0.1) is 0 Å². The van der Waals surface area contributed by atoms with E-state index in [1.54, 1.807) is 7.05 Å². The number of para-hydroxylation sites is 1. The van der Waals surface area contributed by atoms with E-state index in [4.69, 9.17) is 9.47 Å². The molecule has 2 aliphatic heterocycles. The summed E-state index contributed by atoms with van der Waals surface area (Å²) in [5.41, 5.74) is 1.24. The van der Waals surface area contributed by atoms with Gasteiger partial charge in [0.15, 0.2) is 5.82 Å². The van der Waals surface area contributed by atoms with Crippen LogP contribution in [0.4, 0.5) is 10.3 Å². The minimum atomic E-state index is -0.519. The monoisotopic (exact) mass is 394 g/mol. The van der Waals surface area contributed by atoms with Crippen LogP contribution in [0.3, 0.4) is 0 Å². The molecule has 2 aromatic heterocycles. The van der Waals surface area contributed by atoms with Crippen LogP contribution in [0.25, 0.3) is 11.3 Å². The predicted molar refractivity (Wildman–Crippen MR) is 104 cm³/mol. The summed E-state index contributed by atoms with van der Waals surface area (Å²) in [6, 6.07) is 10.5. The molecule has 5 rings (SSSR count). The molecule has 8 heteroatoms. The number of nitrogens with zero attached hydrogens (tertiary/aromatic N) is 4. The molecule has 0 amide bonds. The Balaban J connectivity index is 1.59. The smallest absolute Gasteiger partial charge is 0.255 e. The molecule has 1 aromatic carbocycles. The Morgan fingerprint density at radius 3 is 2.97 bits per heavy atom. The molecule has 0 saturated carbocycles. The number of fused-ring (bicyclic) bond motifs is 3. The number of pyridine rings is 1. The molecule has 2 aliphatic rings. The van der Waals surface area contributed by atoms with Gasteiger partial charge in [-0.25, -0.2) is 9.37 Å². The van der Waals surface area contributed by atoms with Crippen LogP contribution in [0.2, 0.25) is 0 Å². The predicted octanol–water partition coefficient (Wildman–Crippen LogP) is 2.32. The zero-order chi connectivity index (χ0) is 20.0. The Hall–Kier alpha value is -3.26. The fourth-order valence-corrected chi connectivity index (χ4v) is 3.97. The van der Waals surface area contributed by atoms with E-state index in [9.17, 15) is 9.18 Å². The second-order valence-corrected chi connectivity index (χ2v) is 7.10. The highest BCUT2D eigenvalue weighted by molar-refractivity contribution is 5.60. The van der Waals surface area contributed by atoms with Crippen LogP contribution in [-0.2, 0) is 11.8 Å². The van der Waals surface area contributed by atoms with Crippen molar-refractivity contribution in [2.75, 3.05) is 24.7 Å². The highest BCUT2D eigenvalue weighted by Crippen LogP contribution is 2.39. The normalized spacial score (nSPS) is 20.6. The van der Waals surface area contributed by atoms with Crippen molar-refractivity contribution in [3.8, 4) is 17.0 Å². The van der Waals surface area contributed by atoms with Gasteiger partial charge < -0.3 is 14.4 Å². The number of aromatic nitrogens is 3. The lowest BCUT2D eigenvalue weighted by Crippen LogP contribution is -2.53. The molecule has 2 atom stereocenters. The van der Waals surface area contributed by atoms with Gasteiger partial charge in [-0.2, -0.15) is 0 Å². The first-order valence-electron chi connectivity index (χ1n) is 9.41. The lowest BCUT2D eigenvalue weighted by atomic mass is 9.96. The number of rotatable bonds is 2. The van der Waals surface area contributed by atoms with Crippen LogP contribution in [0.1, 0.15) is 11.7 Å². The lowest BCUT2D eigenvalue weighted by Gasteiger charge is -2.44. The zero-order valence-electron chi connectivity index (χ0n) is 15.8. The molecule has 29 heavy (non-hydrogen) atoms. The van der Waals surface area contributed by atoms with Crippen molar-refractivity contribution >= 4 is 5.95 Å². The van der Waals surface area contributed by atoms with Crippen molar-refractivity contribution in [2.45, 2.75) is 12.1 Å². The van der Waals surface area contributed by atoms with Gasteiger partial charge in [-0.3, -0.25) is 14.3 Å². The quantitative estimate of drug-likeness (QED) is 0.665. The molecule has 1 fully saturated rings. The van der Waals surface area contributed by atoms with E-state index in [0.29, 0.717) is 25.7 Å². The molecule has 0 aliphatic carbocycles. The summed E-state index contributed by atoms with van der Waals surface area (Å²) in [6.45, 7) is 1.44. The lowest BCUT2D eigenvalue weighted by molar-refractivity contribution is -0.0164. The number of ether oxygens (including phenoxy) is 2. The SMILES string of the molecule is Cn1c(N2CCO[C@@H]3c4ccccc4OC[C@@H]32)nc(-c2ccncc2F)cc1=O. The molecule has 0 radical (unpaired) electrons. The Kier molecular flexibility index (Phi) is 4.28. The van der Waals surface area contributed by atoms with E-state index in [1.807, 2.05) is 29.2 Å². The first kappa shape index (κ1) is 17.8. The van der Waals surface area contributed by atoms with Gasteiger partial charge in [0.1, 0.15) is 18.5 Å². The van der Waals surface area contributed by atoms with Crippen LogP contribution in [0, 0.1) is 5.82 Å². The Morgan fingerprint density at radius 2 is 2.10 bits per heavy atom. The van der Waals surface area contributed by atoms with E-state index >= 15 is 0 Å². The second-order valence-electron chi connectivity index (χ2n) is 7.10. The van der Waals surface area contributed by atoms with E-state index in [-0.39, 0.29) is 29.0 Å². The van der Waals surface area contributed by atoms with Gasteiger partial charge in [0, 0.05) is 37.0 Å². The van der Waals surface area contributed by atoms with Crippen molar-refractivity contribution in [2.24, 2.45) is 7.05 Å². The zero-order valence-corrected chi connectivity index (χ0v) is 15.8. The van der Waals surface area contributed by atoms with Gasteiger partial charge in [0.2, 0.25) is 5.95 Å². The van der Waals surface area contributed by atoms with Gasteiger partial charge in [0.25, 0.3) is 5.56 Å². The van der Waals surface area contributed by atoms with Crippen molar-refractivity contribution in [1.82, 2.24) is 14.5 Å². The molecular formula is C21H19FN4O3. The highest BCUT2D eigenvalue weighted by atomic mass is 19.1. The number of benzene rings is 1. The van der Waals surface area contributed by atoms with E-state index in [2.05, 4.69) is 9.97 Å². The highest BCUT2D eigenvalue weighted by Gasteiger charge is 2.40. The minimum Gasteiger partial charge on any atom is -0.491 e. The fourth-order valence-electron chi connectivity index (χ4n) is 3.97. The topological polar surface area (TPSA) is 69.5 Å². The maximum Gasteiger partial charge on any atom is 0.255 e. The van der Waals surface area contributed by atoms with Crippen LogP contribution < -0.4 is 15.2 Å². The summed E-state index contributed by atoms with van der Waals surface area (Å²) >= 11 is 0. The molecule has 4 heterocycles. The second kappa shape index (κ2) is 6.97. The summed E-state index contributed by atoms with van der Waals surface area (Å²) in [6.07, 6.45) is 2.41. The summed E-state index contributed by atoms with van der Waals surface area (Å²) in [5, 5.41) is 0. The fraction of sp³-hybridized carbons (Fsp3) is 0.286. The number of hydrogen-bond acceptors (Lipinski definition) is 6. The van der Waals surface area contributed by atoms with Crippen LogP contribution in [0.15, 0.2) is 53.6 Å².